The zero-order chi connectivity index (χ0) is 54.3. The fourth-order valence-corrected chi connectivity index (χ4v) is 11.0. The molecule has 9 aromatic rings. The maximum atomic E-state index is 14.1. The molecule has 9 rings (SSSR count). The van der Waals surface area contributed by atoms with Gasteiger partial charge in [0.2, 0.25) is 0 Å². The summed E-state index contributed by atoms with van der Waals surface area (Å²) in [5, 5.41) is 15.7. The van der Waals surface area contributed by atoms with Gasteiger partial charge in [-0.2, -0.15) is 0 Å². The van der Waals surface area contributed by atoms with Crippen molar-refractivity contribution in [2.24, 2.45) is 0 Å². The molecule has 3 aromatic heterocycles. The Balaban J connectivity index is 0.941. The molecule has 0 spiro atoms. The van der Waals surface area contributed by atoms with E-state index in [1.807, 2.05) is 109 Å². The number of benzene rings is 6. The van der Waals surface area contributed by atoms with Gasteiger partial charge in [0.15, 0.2) is 34.7 Å². The van der Waals surface area contributed by atoms with E-state index in [-0.39, 0.29) is 60.4 Å². The van der Waals surface area contributed by atoms with E-state index in [9.17, 15) is 28.8 Å². The van der Waals surface area contributed by atoms with Crippen molar-refractivity contribution in [3.8, 4) is 0 Å². The highest BCUT2D eigenvalue weighted by molar-refractivity contribution is 6.16. The molecule has 0 saturated heterocycles. The zero-order valence-corrected chi connectivity index (χ0v) is 45.6. The van der Waals surface area contributed by atoms with Crippen LogP contribution in [0.1, 0.15) is 155 Å². The van der Waals surface area contributed by atoms with Crippen LogP contribution >= 0.6 is 0 Å². The van der Waals surface area contributed by atoms with Crippen molar-refractivity contribution < 1.29 is 28.8 Å². The third-order valence-corrected chi connectivity index (χ3v) is 15.1. The fourth-order valence-electron chi connectivity index (χ4n) is 11.0. The molecule has 12 heteroatoms. The van der Waals surface area contributed by atoms with Crippen molar-refractivity contribution >= 4 is 100 Å². The van der Waals surface area contributed by atoms with E-state index in [1.54, 1.807) is 13.8 Å². The Kier molecular flexibility index (Phi) is 17.2. The van der Waals surface area contributed by atoms with Gasteiger partial charge >= 0.3 is 0 Å². The second-order valence-corrected chi connectivity index (χ2v) is 20.9. The van der Waals surface area contributed by atoms with E-state index < -0.39 is 0 Å². The zero-order valence-electron chi connectivity index (χ0n) is 45.6. The Hall–Kier alpha value is -7.38. The topological polar surface area (TPSA) is 153 Å². The maximum Gasteiger partial charge on any atom is 0.163 e. The summed E-state index contributed by atoms with van der Waals surface area (Å²) < 4.78 is 6.76. The number of carbonyl (C=O) groups excluding carboxylic acids is 6. The highest BCUT2D eigenvalue weighted by Gasteiger charge is 2.21. The molecule has 398 valence electrons. The average molecular weight is 1030 g/mol. The molecule has 77 heavy (non-hydrogen) atoms. The van der Waals surface area contributed by atoms with Crippen LogP contribution in [0.3, 0.4) is 0 Å². The van der Waals surface area contributed by atoms with Crippen molar-refractivity contribution in [3.63, 3.8) is 0 Å². The Morgan fingerprint density at radius 3 is 0.961 bits per heavy atom. The average Bonchev–Trinajstić information content (AvgIpc) is 4.09. The fraction of sp³-hybridized carbons (Fsp3) is 0.354. The van der Waals surface area contributed by atoms with Gasteiger partial charge in [0, 0.05) is 150 Å². The molecular weight excluding hydrogens is 961 g/mol. The summed E-state index contributed by atoms with van der Waals surface area (Å²) >= 11 is 0. The van der Waals surface area contributed by atoms with E-state index in [4.69, 9.17) is 0 Å². The third kappa shape index (κ3) is 11.8. The largest absolute Gasteiger partial charge is 0.340 e. The van der Waals surface area contributed by atoms with Crippen molar-refractivity contribution in [2.45, 2.75) is 119 Å². The minimum atomic E-state index is -0.153. The lowest BCUT2D eigenvalue weighted by atomic mass is 9.97. The first-order valence-electron chi connectivity index (χ1n) is 27.7. The first-order valence-corrected chi connectivity index (χ1v) is 27.7. The molecule has 0 atom stereocenters. The first kappa shape index (κ1) is 54.4. The van der Waals surface area contributed by atoms with Crippen LogP contribution in [0.15, 0.2) is 109 Å². The lowest BCUT2D eigenvalue weighted by Gasteiger charge is -2.11. The van der Waals surface area contributed by atoms with Gasteiger partial charge in [0.05, 0.1) is 0 Å². The normalized spacial score (nSPS) is 11.9. The molecule has 3 heterocycles. The molecule has 0 saturated carbocycles. The van der Waals surface area contributed by atoms with Crippen molar-refractivity contribution in [3.05, 3.63) is 143 Å². The number of carbonyl (C=O) groups is 6. The van der Waals surface area contributed by atoms with Crippen LogP contribution in [-0.4, -0.2) is 87.2 Å². The summed E-state index contributed by atoms with van der Waals surface area (Å²) in [6, 6.07) is 34.8. The number of aromatic nitrogens is 3. The van der Waals surface area contributed by atoms with E-state index >= 15 is 0 Å². The van der Waals surface area contributed by atoms with Crippen LogP contribution in [0.2, 0.25) is 0 Å². The monoisotopic (exact) mass is 1030 g/mol. The van der Waals surface area contributed by atoms with Gasteiger partial charge < -0.3 is 29.7 Å². The van der Waals surface area contributed by atoms with Gasteiger partial charge in [-0.25, -0.2) is 0 Å². The third-order valence-electron chi connectivity index (χ3n) is 15.1. The number of rotatable bonds is 28. The Morgan fingerprint density at radius 1 is 0.390 bits per heavy atom. The number of nitrogens with one attached hydrogen (secondary N) is 3. The second-order valence-electron chi connectivity index (χ2n) is 20.9. The van der Waals surface area contributed by atoms with Crippen LogP contribution in [0.4, 0.5) is 0 Å². The Labute approximate surface area is 450 Å². The van der Waals surface area contributed by atoms with E-state index in [0.717, 1.165) is 137 Å². The molecule has 0 aliphatic rings. The molecular formula is C65H72N6O6. The number of Topliss-reactive ketones (excluding diaryl/α,β-unsaturated/α-hetero) is 6. The van der Waals surface area contributed by atoms with Crippen molar-refractivity contribution in [1.82, 2.24) is 29.7 Å². The molecule has 0 amide bonds. The summed E-state index contributed by atoms with van der Waals surface area (Å²) in [4.78, 5) is 80.9. The lowest BCUT2D eigenvalue weighted by molar-refractivity contribution is 0.0917. The summed E-state index contributed by atoms with van der Waals surface area (Å²) in [6.07, 6.45) is 3.88. The van der Waals surface area contributed by atoms with E-state index in [2.05, 4.69) is 57.3 Å². The molecule has 0 bridgehead atoms. The molecule has 0 fully saturated rings. The Bertz CT molecular complexity index is 3740. The molecule has 0 radical (unpaired) electrons. The molecule has 12 nitrogen and oxygen atoms in total. The Morgan fingerprint density at radius 2 is 0.675 bits per heavy atom. The van der Waals surface area contributed by atoms with Gasteiger partial charge in [0.1, 0.15) is 0 Å². The predicted molar refractivity (Wildman–Crippen MR) is 313 cm³/mol. The van der Waals surface area contributed by atoms with Crippen LogP contribution < -0.4 is 16.0 Å². The van der Waals surface area contributed by atoms with Gasteiger partial charge in [-0.3, -0.25) is 28.8 Å². The number of hydrogen-bond acceptors (Lipinski definition) is 9. The molecule has 0 aliphatic carbocycles. The second kappa shape index (κ2) is 24.3. The van der Waals surface area contributed by atoms with Gasteiger partial charge in [0.25, 0.3) is 0 Å². The quantitative estimate of drug-likeness (QED) is 0.0321. The van der Waals surface area contributed by atoms with Crippen LogP contribution in [-0.2, 0) is 19.6 Å². The minimum Gasteiger partial charge on any atom is -0.340 e. The number of fused-ring (bicyclic) bond motifs is 9. The number of aryl methyl sites for hydroxylation is 3. The molecule has 3 N–H and O–H groups in total. The molecule has 6 aromatic carbocycles. The van der Waals surface area contributed by atoms with Crippen molar-refractivity contribution in [2.75, 3.05) is 32.7 Å². The number of ketones is 6. The van der Waals surface area contributed by atoms with Gasteiger partial charge in [-0.05, 0) is 181 Å². The van der Waals surface area contributed by atoms with Gasteiger partial charge in [-0.1, -0.05) is 27.7 Å². The van der Waals surface area contributed by atoms with Crippen molar-refractivity contribution in [1.29, 1.82) is 0 Å². The van der Waals surface area contributed by atoms with Crippen LogP contribution in [0.5, 0.6) is 0 Å². The maximum absolute atomic E-state index is 14.1. The van der Waals surface area contributed by atoms with E-state index in [1.165, 1.54) is 0 Å². The summed E-state index contributed by atoms with van der Waals surface area (Å²) in [5.41, 5.74) is 9.15. The minimum absolute atomic E-state index is 0.0195. The highest BCUT2D eigenvalue weighted by atomic mass is 16.1. The summed E-state index contributed by atoms with van der Waals surface area (Å²) in [5.74, 6) is -0.622. The SMILES string of the molecule is CCCNCCCn1c2ccc(C(C)=O)cc2c2cc(C(=O)CCC(=O)c3ccc4c(c3)c3cc(C(=O)CCC(=O)c5ccc6c(c5)c5cc(C(C)=O)ccc5n6CCCNCC)ccc3n4CCCNC(C)C)ccc21. The summed E-state index contributed by atoms with van der Waals surface area (Å²) in [7, 11) is 0. The standard InChI is InChI=1S/C65H72N6O6/c1-7-28-67-30-10-33-70-57-19-13-45(43(6)73)36-51(57)53-38-47(15-21-59(53)70)63(75)25-27-65(77)49-17-23-61-55(40-49)54-39-48(16-22-60(54)71(61)34-11-31-68-41(3)4)64(76)26-24-62(74)46-14-20-58-52(37-46)50-35-44(42(5)72)12-18-56(50)69(58)32-9-29-66-8-2/h12-23,35-41,66-68H,7-11,24-34H2,1-6H3. The smallest absolute Gasteiger partial charge is 0.163 e. The molecule has 0 unspecified atom stereocenters. The lowest BCUT2D eigenvalue weighted by Crippen LogP contribution is -2.24. The summed E-state index contributed by atoms with van der Waals surface area (Å²) in [6.45, 7) is 18.3. The van der Waals surface area contributed by atoms with Gasteiger partial charge in [-0.15, -0.1) is 0 Å². The molecule has 0 aliphatic heterocycles. The number of hydrogen-bond donors (Lipinski definition) is 3. The predicted octanol–water partition coefficient (Wildman–Crippen LogP) is 12.9. The number of nitrogens with zero attached hydrogens (tertiary/aromatic N) is 3. The van der Waals surface area contributed by atoms with Crippen LogP contribution in [0, 0.1) is 0 Å². The first-order chi connectivity index (χ1) is 37.3. The van der Waals surface area contributed by atoms with E-state index in [0.29, 0.717) is 46.0 Å². The van der Waals surface area contributed by atoms with Crippen LogP contribution in [0.25, 0.3) is 65.4 Å². The highest BCUT2D eigenvalue weighted by Crippen LogP contribution is 2.35.